The Labute approximate surface area is 149 Å². The van der Waals surface area contributed by atoms with Gasteiger partial charge in [0.1, 0.15) is 0 Å². The van der Waals surface area contributed by atoms with E-state index in [1.54, 1.807) is 37.3 Å². The maximum atomic E-state index is 12.6. The smallest absolute Gasteiger partial charge is 0.415 e. The van der Waals surface area contributed by atoms with E-state index in [1.165, 1.54) is 32.4 Å². The molecular formula is C19H28N2O4. The van der Waals surface area contributed by atoms with Gasteiger partial charge in [-0.15, -0.1) is 0 Å². The van der Waals surface area contributed by atoms with Crippen LogP contribution in [0.1, 0.15) is 32.1 Å². The number of piperidine rings is 2. The summed E-state index contributed by atoms with van der Waals surface area (Å²) in [5.74, 6) is 1.34. The molecule has 6 nitrogen and oxygen atoms in total. The van der Waals surface area contributed by atoms with Gasteiger partial charge in [0.25, 0.3) is 0 Å². The molecule has 3 rings (SSSR count). The highest BCUT2D eigenvalue weighted by Crippen LogP contribution is 2.37. The number of carbonyl (C=O) groups is 1. The number of rotatable bonds is 4. The molecule has 0 aromatic heterocycles. The van der Waals surface area contributed by atoms with Crippen molar-refractivity contribution in [2.75, 3.05) is 40.4 Å². The van der Waals surface area contributed by atoms with Crippen molar-refractivity contribution < 1.29 is 19.0 Å². The molecular weight excluding hydrogens is 320 g/mol. The fourth-order valence-electron chi connectivity index (χ4n) is 3.77. The Morgan fingerprint density at radius 1 is 0.960 bits per heavy atom. The summed E-state index contributed by atoms with van der Waals surface area (Å²) in [4.78, 5) is 16.9. The van der Waals surface area contributed by atoms with Crippen LogP contribution in [0.15, 0.2) is 18.2 Å². The van der Waals surface area contributed by atoms with E-state index >= 15 is 0 Å². The monoisotopic (exact) mass is 348 g/mol. The third-order valence-corrected chi connectivity index (χ3v) is 5.20. The van der Waals surface area contributed by atoms with Crippen LogP contribution >= 0.6 is 0 Å². The van der Waals surface area contributed by atoms with Gasteiger partial charge in [-0.25, -0.2) is 4.79 Å². The second kappa shape index (κ2) is 8.43. The number of para-hydroxylation sites is 1. The first-order chi connectivity index (χ1) is 12.2. The first-order valence-electron chi connectivity index (χ1n) is 9.14. The molecule has 2 fully saturated rings. The average molecular weight is 348 g/mol. The molecule has 2 saturated heterocycles. The van der Waals surface area contributed by atoms with Gasteiger partial charge in [0, 0.05) is 19.1 Å². The third kappa shape index (κ3) is 4.18. The summed E-state index contributed by atoms with van der Waals surface area (Å²) in [6.45, 7) is 3.87. The van der Waals surface area contributed by atoms with E-state index in [2.05, 4.69) is 4.90 Å². The van der Waals surface area contributed by atoms with Crippen LogP contribution in [0.5, 0.6) is 17.2 Å². The van der Waals surface area contributed by atoms with Crippen LogP contribution in [0.2, 0.25) is 0 Å². The molecule has 1 aromatic rings. The van der Waals surface area contributed by atoms with Gasteiger partial charge < -0.3 is 24.0 Å². The van der Waals surface area contributed by atoms with E-state index in [0.29, 0.717) is 23.3 Å². The zero-order valence-electron chi connectivity index (χ0n) is 15.2. The summed E-state index contributed by atoms with van der Waals surface area (Å²) < 4.78 is 16.2. The van der Waals surface area contributed by atoms with Crippen LogP contribution in [0.25, 0.3) is 0 Å². The second-order valence-electron chi connectivity index (χ2n) is 6.67. The third-order valence-electron chi connectivity index (χ3n) is 5.20. The highest BCUT2D eigenvalue weighted by Gasteiger charge is 2.29. The molecule has 138 valence electrons. The topological polar surface area (TPSA) is 51.2 Å². The maximum Gasteiger partial charge on any atom is 0.415 e. The second-order valence-corrected chi connectivity index (χ2v) is 6.67. The standard InChI is InChI=1S/C19H28N2O4/c1-23-16-7-6-8-17(24-2)18(16)25-19(22)21-13-9-15(10-14-21)20-11-4-3-5-12-20/h6-8,15H,3-5,9-14H2,1-2H3. The van der Waals surface area contributed by atoms with Crippen LogP contribution in [-0.2, 0) is 0 Å². The van der Waals surface area contributed by atoms with E-state index in [0.717, 1.165) is 25.9 Å². The van der Waals surface area contributed by atoms with E-state index in [-0.39, 0.29) is 6.09 Å². The Kier molecular flexibility index (Phi) is 6.02. The quantitative estimate of drug-likeness (QED) is 0.837. The molecule has 1 aromatic carbocycles. The number of hydrogen-bond donors (Lipinski definition) is 0. The number of hydrogen-bond acceptors (Lipinski definition) is 5. The summed E-state index contributed by atoms with van der Waals surface area (Å²) in [6, 6.07) is 5.92. The molecule has 2 aliphatic heterocycles. The maximum absolute atomic E-state index is 12.6. The molecule has 0 radical (unpaired) electrons. The number of amides is 1. The van der Waals surface area contributed by atoms with Crippen LogP contribution in [-0.4, -0.2) is 62.3 Å². The van der Waals surface area contributed by atoms with Gasteiger partial charge >= 0.3 is 6.09 Å². The molecule has 0 N–H and O–H groups in total. The first kappa shape index (κ1) is 17.9. The highest BCUT2D eigenvalue weighted by atomic mass is 16.6. The van der Waals surface area contributed by atoms with Gasteiger partial charge in [0.05, 0.1) is 14.2 Å². The molecule has 0 atom stereocenters. The number of carbonyl (C=O) groups excluding carboxylic acids is 1. The van der Waals surface area contributed by atoms with Crippen LogP contribution in [0.4, 0.5) is 4.79 Å². The fraction of sp³-hybridized carbons (Fsp3) is 0.632. The molecule has 1 amide bonds. The largest absolute Gasteiger partial charge is 0.493 e. The van der Waals surface area contributed by atoms with Crippen molar-refractivity contribution in [2.45, 2.75) is 38.1 Å². The predicted molar refractivity (Wildman–Crippen MR) is 95.6 cm³/mol. The van der Waals surface area contributed by atoms with Gasteiger partial charge in [-0.3, -0.25) is 0 Å². The van der Waals surface area contributed by atoms with Crippen molar-refractivity contribution in [1.29, 1.82) is 0 Å². The van der Waals surface area contributed by atoms with Gasteiger partial charge in [0.15, 0.2) is 11.5 Å². The fourth-order valence-corrected chi connectivity index (χ4v) is 3.77. The Morgan fingerprint density at radius 3 is 2.12 bits per heavy atom. The number of benzene rings is 1. The van der Waals surface area contributed by atoms with Gasteiger partial charge in [0.2, 0.25) is 5.75 Å². The lowest BCUT2D eigenvalue weighted by Gasteiger charge is -2.39. The van der Waals surface area contributed by atoms with Crippen molar-refractivity contribution in [2.24, 2.45) is 0 Å². The molecule has 0 spiro atoms. The van der Waals surface area contributed by atoms with Crippen LogP contribution in [0.3, 0.4) is 0 Å². The van der Waals surface area contributed by atoms with Crippen molar-refractivity contribution in [3.05, 3.63) is 18.2 Å². The van der Waals surface area contributed by atoms with E-state index in [4.69, 9.17) is 14.2 Å². The minimum atomic E-state index is -0.333. The molecule has 0 bridgehead atoms. The van der Waals surface area contributed by atoms with Crippen molar-refractivity contribution in [3.63, 3.8) is 0 Å². The lowest BCUT2D eigenvalue weighted by Crippen LogP contribution is -2.48. The first-order valence-corrected chi connectivity index (χ1v) is 9.14. The molecule has 0 aliphatic carbocycles. The van der Waals surface area contributed by atoms with E-state index in [9.17, 15) is 4.79 Å². The normalized spacial score (nSPS) is 19.5. The number of likely N-dealkylation sites (tertiary alicyclic amines) is 2. The average Bonchev–Trinajstić information content (AvgIpc) is 2.69. The summed E-state index contributed by atoms with van der Waals surface area (Å²) in [5, 5.41) is 0. The molecule has 6 heteroatoms. The Balaban J connectivity index is 1.58. The molecule has 25 heavy (non-hydrogen) atoms. The van der Waals surface area contributed by atoms with Crippen LogP contribution < -0.4 is 14.2 Å². The summed E-state index contributed by atoms with van der Waals surface area (Å²) >= 11 is 0. The number of ether oxygens (including phenoxy) is 3. The molecule has 2 aliphatic rings. The van der Waals surface area contributed by atoms with Crippen molar-refractivity contribution in [3.8, 4) is 17.2 Å². The van der Waals surface area contributed by atoms with Gasteiger partial charge in [-0.05, 0) is 50.9 Å². The summed E-state index contributed by atoms with van der Waals surface area (Å²) in [6.07, 6.45) is 5.64. The SMILES string of the molecule is COc1cccc(OC)c1OC(=O)N1CCC(N2CCCCC2)CC1. The highest BCUT2D eigenvalue weighted by molar-refractivity contribution is 5.73. The van der Waals surface area contributed by atoms with E-state index < -0.39 is 0 Å². The molecule has 2 heterocycles. The van der Waals surface area contributed by atoms with E-state index in [1.807, 2.05) is 0 Å². The Morgan fingerprint density at radius 2 is 1.56 bits per heavy atom. The predicted octanol–water partition coefficient (Wildman–Crippen LogP) is 3.15. The number of methoxy groups -OCH3 is 2. The molecule has 0 unspecified atom stereocenters. The van der Waals surface area contributed by atoms with Gasteiger partial charge in [-0.2, -0.15) is 0 Å². The minimum Gasteiger partial charge on any atom is -0.493 e. The van der Waals surface area contributed by atoms with Crippen LogP contribution in [0, 0.1) is 0 Å². The lowest BCUT2D eigenvalue weighted by atomic mass is 10.0. The minimum absolute atomic E-state index is 0.333. The zero-order chi connectivity index (χ0) is 17.6. The van der Waals surface area contributed by atoms with Crippen molar-refractivity contribution >= 4 is 6.09 Å². The van der Waals surface area contributed by atoms with Gasteiger partial charge in [-0.1, -0.05) is 12.5 Å². The Hall–Kier alpha value is -1.95. The number of nitrogens with zero attached hydrogens (tertiary/aromatic N) is 2. The molecule has 0 saturated carbocycles. The Bertz CT molecular complexity index is 557. The summed E-state index contributed by atoms with van der Waals surface area (Å²) in [5.41, 5.74) is 0. The lowest BCUT2D eigenvalue weighted by molar-refractivity contribution is 0.0870. The van der Waals surface area contributed by atoms with Crippen molar-refractivity contribution in [1.82, 2.24) is 9.80 Å². The zero-order valence-corrected chi connectivity index (χ0v) is 15.2. The summed E-state index contributed by atoms with van der Waals surface area (Å²) in [7, 11) is 3.10.